The van der Waals surface area contributed by atoms with Crippen LogP contribution in [0, 0.1) is 0 Å². The van der Waals surface area contributed by atoms with E-state index in [2.05, 4.69) is 15.2 Å². The Bertz CT molecular complexity index is 1100. The Kier molecular flexibility index (Phi) is 5.67. The third-order valence-corrected chi connectivity index (χ3v) is 5.22. The number of Topliss-reactive ketones (excluding diaryl/α,β-unsaturated/α-hetero) is 1. The van der Waals surface area contributed by atoms with Crippen molar-refractivity contribution in [2.45, 2.75) is 5.16 Å². The smallest absolute Gasteiger partial charge is 0.196 e. The summed E-state index contributed by atoms with van der Waals surface area (Å²) in [6, 6.07) is 22.5. The molecule has 4 rings (SSSR count). The zero-order valence-electron chi connectivity index (χ0n) is 15.7. The fourth-order valence-corrected chi connectivity index (χ4v) is 3.67. The molecule has 7 heteroatoms. The van der Waals surface area contributed by atoms with Gasteiger partial charge in [0.05, 0.1) is 18.6 Å². The molecule has 0 atom stereocenters. The van der Waals surface area contributed by atoms with E-state index in [4.69, 9.17) is 4.74 Å². The van der Waals surface area contributed by atoms with E-state index in [1.807, 2.05) is 77.4 Å². The summed E-state index contributed by atoms with van der Waals surface area (Å²) in [5, 5.41) is 9.30. The van der Waals surface area contributed by atoms with Gasteiger partial charge in [0.1, 0.15) is 11.4 Å². The molecule has 0 aliphatic carbocycles. The van der Waals surface area contributed by atoms with E-state index in [1.54, 1.807) is 13.3 Å². The molecule has 0 bridgehead atoms. The van der Waals surface area contributed by atoms with Crippen molar-refractivity contribution in [3.05, 3.63) is 84.6 Å². The lowest BCUT2D eigenvalue weighted by Crippen LogP contribution is -2.05. The van der Waals surface area contributed by atoms with Crippen LogP contribution in [-0.2, 0) is 0 Å². The second-order valence-corrected chi connectivity index (χ2v) is 7.07. The first-order valence-corrected chi connectivity index (χ1v) is 9.97. The van der Waals surface area contributed by atoms with Gasteiger partial charge in [-0.2, -0.15) is 0 Å². The van der Waals surface area contributed by atoms with Crippen molar-refractivity contribution in [1.82, 2.24) is 19.7 Å². The standard InChI is InChI=1S/C22H18N4O2S/c1-28-18-12-10-17(11-13-18)26-21(19-9-5-6-14-23-19)24-25-22(26)29-15-20(27)16-7-3-2-4-8-16/h2-14H,15H2,1H3. The average molecular weight is 402 g/mol. The van der Waals surface area contributed by atoms with Crippen LogP contribution in [0.5, 0.6) is 5.75 Å². The van der Waals surface area contributed by atoms with E-state index >= 15 is 0 Å². The summed E-state index contributed by atoms with van der Waals surface area (Å²) >= 11 is 1.35. The number of nitrogens with zero attached hydrogens (tertiary/aromatic N) is 4. The minimum atomic E-state index is 0.0410. The number of thioether (sulfide) groups is 1. The zero-order valence-corrected chi connectivity index (χ0v) is 16.5. The molecule has 0 aliphatic heterocycles. The van der Waals surface area contributed by atoms with Crippen LogP contribution in [0.4, 0.5) is 0 Å². The summed E-state index contributed by atoms with van der Waals surface area (Å²) in [6.45, 7) is 0. The number of aromatic nitrogens is 4. The van der Waals surface area contributed by atoms with Crippen LogP contribution in [0.2, 0.25) is 0 Å². The SMILES string of the molecule is COc1ccc(-n2c(SCC(=O)c3ccccc3)nnc2-c2ccccn2)cc1. The van der Waals surface area contributed by atoms with Crippen LogP contribution >= 0.6 is 11.8 Å². The van der Waals surface area contributed by atoms with Gasteiger partial charge in [-0.25, -0.2) is 0 Å². The predicted molar refractivity (Wildman–Crippen MR) is 113 cm³/mol. The van der Waals surface area contributed by atoms with Gasteiger partial charge in [0, 0.05) is 11.8 Å². The summed E-state index contributed by atoms with van der Waals surface area (Å²) in [7, 11) is 1.63. The number of benzene rings is 2. The largest absolute Gasteiger partial charge is 0.497 e. The van der Waals surface area contributed by atoms with Crippen LogP contribution in [0.15, 0.2) is 84.1 Å². The molecule has 0 saturated heterocycles. The van der Waals surface area contributed by atoms with Gasteiger partial charge >= 0.3 is 0 Å². The Morgan fingerprint density at radius 2 is 1.72 bits per heavy atom. The van der Waals surface area contributed by atoms with E-state index < -0.39 is 0 Å². The van der Waals surface area contributed by atoms with Gasteiger partial charge in [0.2, 0.25) is 0 Å². The molecule has 0 spiro atoms. The number of methoxy groups -OCH3 is 1. The fraction of sp³-hybridized carbons (Fsp3) is 0.0909. The minimum absolute atomic E-state index is 0.0410. The van der Waals surface area contributed by atoms with E-state index in [0.717, 1.165) is 11.4 Å². The van der Waals surface area contributed by atoms with Gasteiger partial charge in [-0.15, -0.1) is 10.2 Å². The van der Waals surface area contributed by atoms with Crippen LogP contribution in [0.3, 0.4) is 0 Å². The summed E-state index contributed by atoms with van der Waals surface area (Å²) in [6.07, 6.45) is 1.72. The monoisotopic (exact) mass is 402 g/mol. The summed E-state index contributed by atoms with van der Waals surface area (Å²) in [5.74, 6) is 1.68. The number of pyridine rings is 1. The van der Waals surface area contributed by atoms with Crippen molar-refractivity contribution in [3.63, 3.8) is 0 Å². The van der Waals surface area contributed by atoms with Crippen LogP contribution < -0.4 is 4.74 Å². The van der Waals surface area contributed by atoms with Crippen molar-refractivity contribution in [2.24, 2.45) is 0 Å². The molecule has 0 fully saturated rings. The van der Waals surface area contributed by atoms with Crippen molar-refractivity contribution in [3.8, 4) is 23.0 Å². The molecule has 6 nitrogen and oxygen atoms in total. The number of hydrogen-bond acceptors (Lipinski definition) is 6. The first kappa shape index (κ1) is 18.9. The molecule has 0 saturated carbocycles. The van der Waals surface area contributed by atoms with Crippen molar-refractivity contribution >= 4 is 17.5 Å². The first-order valence-electron chi connectivity index (χ1n) is 8.98. The summed E-state index contributed by atoms with van der Waals surface area (Å²) < 4.78 is 7.16. The molecule has 2 aromatic heterocycles. The molecule has 0 unspecified atom stereocenters. The molecule has 0 aliphatic rings. The summed E-state index contributed by atoms with van der Waals surface area (Å²) in [4.78, 5) is 16.9. The first-order chi connectivity index (χ1) is 14.3. The highest BCUT2D eigenvalue weighted by Crippen LogP contribution is 2.28. The zero-order chi connectivity index (χ0) is 20.1. The maximum Gasteiger partial charge on any atom is 0.196 e. The Labute approximate surface area is 172 Å². The second-order valence-electron chi connectivity index (χ2n) is 6.13. The lowest BCUT2D eigenvalue weighted by Gasteiger charge is -2.10. The Morgan fingerprint density at radius 1 is 0.966 bits per heavy atom. The fourth-order valence-electron chi connectivity index (χ4n) is 2.83. The van der Waals surface area contributed by atoms with Crippen LogP contribution in [0.25, 0.3) is 17.2 Å². The van der Waals surface area contributed by atoms with Gasteiger partial charge < -0.3 is 4.74 Å². The highest BCUT2D eigenvalue weighted by atomic mass is 32.2. The van der Waals surface area contributed by atoms with Gasteiger partial charge in [-0.3, -0.25) is 14.3 Å². The number of rotatable bonds is 7. The molecule has 4 aromatic rings. The number of carbonyl (C=O) groups is 1. The minimum Gasteiger partial charge on any atom is -0.497 e. The van der Waals surface area contributed by atoms with Gasteiger partial charge in [0.15, 0.2) is 16.8 Å². The lowest BCUT2D eigenvalue weighted by molar-refractivity contribution is 0.102. The Morgan fingerprint density at radius 3 is 2.41 bits per heavy atom. The van der Waals surface area contributed by atoms with Gasteiger partial charge in [0.25, 0.3) is 0 Å². The van der Waals surface area contributed by atoms with Crippen LogP contribution in [0.1, 0.15) is 10.4 Å². The Hall–Kier alpha value is -3.45. The highest BCUT2D eigenvalue weighted by Gasteiger charge is 2.18. The van der Waals surface area contributed by atoms with Gasteiger partial charge in [-0.05, 0) is 36.4 Å². The van der Waals surface area contributed by atoms with Crippen molar-refractivity contribution < 1.29 is 9.53 Å². The van der Waals surface area contributed by atoms with Crippen molar-refractivity contribution in [2.75, 3.05) is 12.9 Å². The number of carbonyl (C=O) groups excluding carboxylic acids is 1. The molecule has 0 radical (unpaired) electrons. The molecule has 29 heavy (non-hydrogen) atoms. The quantitative estimate of drug-likeness (QED) is 0.339. The number of hydrogen-bond donors (Lipinski definition) is 0. The molecule has 0 amide bonds. The van der Waals surface area contributed by atoms with Gasteiger partial charge in [-0.1, -0.05) is 48.2 Å². The average Bonchev–Trinajstić information content (AvgIpc) is 3.22. The van der Waals surface area contributed by atoms with Crippen molar-refractivity contribution in [1.29, 1.82) is 0 Å². The predicted octanol–water partition coefficient (Wildman–Crippen LogP) is 4.31. The molecule has 2 aromatic carbocycles. The number of ketones is 1. The molecule has 0 N–H and O–H groups in total. The molecule has 2 heterocycles. The van der Waals surface area contributed by atoms with E-state index in [1.165, 1.54) is 11.8 Å². The van der Waals surface area contributed by atoms with E-state index in [-0.39, 0.29) is 11.5 Å². The molecule has 144 valence electrons. The third kappa shape index (κ3) is 4.20. The molecular weight excluding hydrogens is 384 g/mol. The normalized spacial score (nSPS) is 10.7. The topological polar surface area (TPSA) is 69.9 Å². The lowest BCUT2D eigenvalue weighted by atomic mass is 10.2. The third-order valence-electron chi connectivity index (χ3n) is 4.29. The number of ether oxygens (including phenoxy) is 1. The Balaban J connectivity index is 1.68. The maximum absolute atomic E-state index is 12.5. The highest BCUT2D eigenvalue weighted by molar-refractivity contribution is 7.99. The van der Waals surface area contributed by atoms with E-state index in [9.17, 15) is 4.79 Å². The molecular formula is C22H18N4O2S. The maximum atomic E-state index is 12.5. The summed E-state index contributed by atoms with van der Waals surface area (Å²) in [5.41, 5.74) is 2.25. The van der Waals surface area contributed by atoms with E-state index in [0.29, 0.717) is 22.2 Å². The van der Waals surface area contributed by atoms with Crippen LogP contribution in [-0.4, -0.2) is 38.4 Å². The second kappa shape index (κ2) is 8.70.